The second kappa shape index (κ2) is 4.02. The van der Waals surface area contributed by atoms with Crippen LogP contribution in [0.4, 0.5) is 0 Å². The molecule has 1 aliphatic heterocycles. The first-order valence-corrected chi connectivity index (χ1v) is 5.07. The molecule has 0 unspecified atom stereocenters. The summed E-state index contributed by atoms with van der Waals surface area (Å²) in [6.45, 7) is 4.46. The lowest BCUT2D eigenvalue weighted by Gasteiger charge is -2.09. The maximum atomic E-state index is 5.68. The quantitative estimate of drug-likeness (QED) is 0.654. The molecule has 4 nitrogen and oxygen atoms in total. The summed E-state index contributed by atoms with van der Waals surface area (Å²) in [6.07, 6.45) is 1.99. The van der Waals surface area contributed by atoms with Crippen molar-refractivity contribution in [3.05, 3.63) is 22.8 Å². The van der Waals surface area contributed by atoms with E-state index in [0.29, 0.717) is 6.54 Å². The van der Waals surface area contributed by atoms with E-state index in [2.05, 4.69) is 15.3 Å². The van der Waals surface area contributed by atoms with Crippen LogP contribution in [0.25, 0.3) is 0 Å². The van der Waals surface area contributed by atoms with Crippen LogP contribution < -0.4 is 11.1 Å². The van der Waals surface area contributed by atoms with E-state index >= 15 is 0 Å². The van der Waals surface area contributed by atoms with E-state index in [-0.39, 0.29) is 0 Å². The molecular formula is C10H16N4. The molecule has 1 aromatic rings. The zero-order valence-corrected chi connectivity index (χ0v) is 8.51. The number of nitrogens with zero attached hydrogens (tertiary/aromatic N) is 2. The third kappa shape index (κ3) is 1.76. The number of rotatable bonds is 1. The minimum Gasteiger partial charge on any atom is -0.325 e. The number of aromatic nitrogens is 2. The molecule has 0 atom stereocenters. The van der Waals surface area contributed by atoms with Crippen molar-refractivity contribution in [3.63, 3.8) is 0 Å². The monoisotopic (exact) mass is 192 g/mol. The lowest BCUT2D eigenvalue weighted by molar-refractivity contribution is 0.707. The summed E-state index contributed by atoms with van der Waals surface area (Å²) < 4.78 is 0. The Morgan fingerprint density at radius 2 is 2.07 bits per heavy atom. The van der Waals surface area contributed by atoms with Gasteiger partial charge in [-0.1, -0.05) is 0 Å². The van der Waals surface area contributed by atoms with E-state index in [1.807, 2.05) is 6.92 Å². The van der Waals surface area contributed by atoms with Crippen molar-refractivity contribution in [1.29, 1.82) is 0 Å². The molecule has 0 fully saturated rings. The van der Waals surface area contributed by atoms with Gasteiger partial charge in [0.25, 0.3) is 0 Å². The number of hydrogen-bond donors (Lipinski definition) is 2. The van der Waals surface area contributed by atoms with Gasteiger partial charge in [0, 0.05) is 25.2 Å². The molecule has 1 aliphatic rings. The normalized spacial score (nSPS) is 16.1. The first-order chi connectivity index (χ1) is 6.81. The van der Waals surface area contributed by atoms with Gasteiger partial charge in [-0.05, 0) is 25.5 Å². The Hall–Kier alpha value is -1.00. The van der Waals surface area contributed by atoms with Crippen LogP contribution in [0.1, 0.15) is 22.8 Å². The average molecular weight is 192 g/mol. The fourth-order valence-corrected chi connectivity index (χ4v) is 1.93. The van der Waals surface area contributed by atoms with Crippen molar-refractivity contribution in [1.82, 2.24) is 15.3 Å². The molecule has 0 amide bonds. The minimum atomic E-state index is 0.520. The minimum absolute atomic E-state index is 0.520. The molecule has 3 N–H and O–H groups in total. The maximum absolute atomic E-state index is 5.68. The van der Waals surface area contributed by atoms with E-state index in [0.717, 1.165) is 37.4 Å². The molecule has 0 spiro atoms. The largest absolute Gasteiger partial charge is 0.325 e. The Labute approximate surface area is 83.9 Å². The van der Waals surface area contributed by atoms with Crippen molar-refractivity contribution in [2.75, 3.05) is 13.1 Å². The zero-order valence-electron chi connectivity index (χ0n) is 8.51. The Morgan fingerprint density at radius 3 is 2.86 bits per heavy atom. The predicted octanol–water partition coefficient (Wildman–Crippen LogP) is -0.0681. The van der Waals surface area contributed by atoms with Crippen LogP contribution in [-0.2, 0) is 19.4 Å². The van der Waals surface area contributed by atoms with Gasteiger partial charge in [0.1, 0.15) is 5.82 Å². The van der Waals surface area contributed by atoms with Crippen LogP contribution in [0.15, 0.2) is 0 Å². The third-order valence-electron chi connectivity index (χ3n) is 2.57. The first kappa shape index (κ1) is 9.55. The SMILES string of the molecule is Cc1nc(CN)c2c(n1)CCNCC2. The highest BCUT2D eigenvalue weighted by Crippen LogP contribution is 2.14. The molecule has 0 aromatic carbocycles. The highest BCUT2D eigenvalue weighted by Gasteiger charge is 2.13. The van der Waals surface area contributed by atoms with Gasteiger partial charge in [0.2, 0.25) is 0 Å². The van der Waals surface area contributed by atoms with Crippen LogP contribution in [0.5, 0.6) is 0 Å². The van der Waals surface area contributed by atoms with Crippen molar-refractivity contribution in [3.8, 4) is 0 Å². The van der Waals surface area contributed by atoms with Gasteiger partial charge in [-0.25, -0.2) is 9.97 Å². The number of fused-ring (bicyclic) bond motifs is 1. The highest BCUT2D eigenvalue weighted by molar-refractivity contribution is 5.27. The topological polar surface area (TPSA) is 63.8 Å². The Kier molecular flexibility index (Phi) is 2.74. The number of nitrogens with two attached hydrogens (primary N) is 1. The predicted molar refractivity (Wildman–Crippen MR) is 54.9 cm³/mol. The molecule has 1 aromatic heterocycles. The number of nitrogens with one attached hydrogen (secondary N) is 1. The fourth-order valence-electron chi connectivity index (χ4n) is 1.93. The van der Waals surface area contributed by atoms with Gasteiger partial charge in [0.05, 0.1) is 5.69 Å². The summed E-state index contributed by atoms with van der Waals surface area (Å²) in [5.41, 5.74) is 9.16. The summed E-state index contributed by atoms with van der Waals surface area (Å²) in [4.78, 5) is 8.86. The van der Waals surface area contributed by atoms with Gasteiger partial charge >= 0.3 is 0 Å². The summed E-state index contributed by atoms with van der Waals surface area (Å²) >= 11 is 0. The van der Waals surface area contributed by atoms with Gasteiger partial charge in [-0.2, -0.15) is 0 Å². The van der Waals surface area contributed by atoms with E-state index in [1.54, 1.807) is 0 Å². The van der Waals surface area contributed by atoms with Crippen LogP contribution in [-0.4, -0.2) is 23.1 Å². The molecule has 0 bridgehead atoms. The van der Waals surface area contributed by atoms with Crippen LogP contribution in [0.3, 0.4) is 0 Å². The number of hydrogen-bond acceptors (Lipinski definition) is 4. The average Bonchev–Trinajstić information content (AvgIpc) is 2.41. The van der Waals surface area contributed by atoms with E-state index in [9.17, 15) is 0 Å². The van der Waals surface area contributed by atoms with E-state index in [4.69, 9.17) is 5.73 Å². The third-order valence-corrected chi connectivity index (χ3v) is 2.57. The first-order valence-electron chi connectivity index (χ1n) is 5.07. The van der Waals surface area contributed by atoms with Gasteiger partial charge in [-0.15, -0.1) is 0 Å². The molecule has 0 aliphatic carbocycles. The zero-order chi connectivity index (χ0) is 9.97. The van der Waals surface area contributed by atoms with Crippen LogP contribution >= 0.6 is 0 Å². The lowest BCUT2D eigenvalue weighted by Crippen LogP contribution is -2.16. The second-order valence-corrected chi connectivity index (χ2v) is 3.60. The Balaban J connectivity index is 2.46. The Bertz CT molecular complexity index is 335. The molecule has 0 radical (unpaired) electrons. The molecule has 14 heavy (non-hydrogen) atoms. The second-order valence-electron chi connectivity index (χ2n) is 3.60. The van der Waals surface area contributed by atoms with Gasteiger partial charge in [-0.3, -0.25) is 0 Å². The smallest absolute Gasteiger partial charge is 0.125 e. The molecule has 0 saturated carbocycles. The molecular weight excluding hydrogens is 176 g/mol. The Morgan fingerprint density at radius 1 is 1.29 bits per heavy atom. The number of aryl methyl sites for hydroxylation is 1. The van der Waals surface area contributed by atoms with Gasteiger partial charge in [0.15, 0.2) is 0 Å². The van der Waals surface area contributed by atoms with Crippen LogP contribution in [0, 0.1) is 6.92 Å². The van der Waals surface area contributed by atoms with Crippen molar-refractivity contribution >= 4 is 0 Å². The molecule has 2 heterocycles. The van der Waals surface area contributed by atoms with Crippen molar-refractivity contribution in [2.24, 2.45) is 5.73 Å². The van der Waals surface area contributed by atoms with Gasteiger partial charge < -0.3 is 11.1 Å². The highest BCUT2D eigenvalue weighted by atomic mass is 14.9. The molecule has 0 saturated heterocycles. The van der Waals surface area contributed by atoms with Crippen molar-refractivity contribution < 1.29 is 0 Å². The summed E-state index contributed by atoms with van der Waals surface area (Å²) in [5.74, 6) is 0.839. The standard InChI is InChI=1S/C10H16N4/c1-7-13-9-3-5-12-4-2-8(9)10(6-11)14-7/h12H,2-6,11H2,1H3. The maximum Gasteiger partial charge on any atom is 0.125 e. The molecule has 76 valence electrons. The molecule has 2 rings (SSSR count). The summed E-state index contributed by atoms with van der Waals surface area (Å²) in [7, 11) is 0. The lowest BCUT2D eigenvalue weighted by atomic mass is 10.1. The summed E-state index contributed by atoms with van der Waals surface area (Å²) in [6, 6.07) is 0. The van der Waals surface area contributed by atoms with E-state index in [1.165, 1.54) is 11.3 Å². The fraction of sp³-hybridized carbons (Fsp3) is 0.600. The van der Waals surface area contributed by atoms with Crippen LogP contribution in [0.2, 0.25) is 0 Å². The molecule has 4 heteroatoms. The summed E-state index contributed by atoms with van der Waals surface area (Å²) in [5, 5.41) is 3.36. The van der Waals surface area contributed by atoms with Crippen molar-refractivity contribution in [2.45, 2.75) is 26.3 Å². The van der Waals surface area contributed by atoms with E-state index < -0.39 is 0 Å².